The van der Waals surface area contributed by atoms with Crippen molar-refractivity contribution in [3.05, 3.63) is 78.1 Å². The van der Waals surface area contributed by atoms with E-state index in [4.69, 9.17) is 0 Å². The molecule has 0 spiro atoms. The molecule has 27 heavy (non-hydrogen) atoms. The van der Waals surface area contributed by atoms with Crippen molar-refractivity contribution >= 4 is 15.7 Å². The van der Waals surface area contributed by atoms with Gasteiger partial charge in [-0.15, -0.1) is 0 Å². The van der Waals surface area contributed by atoms with Crippen molar-refractivity contribution in [2.75, 3.05) is 10.8 Å². The number of aryl methyl sites for hydroxylation is 1. The van der Waals surface area contributed by atoms with Gasteiger partial charge in [0, 0.05) is 12.7 Å². The number of hydrogen-bond acceptors (Lipinski definition) is 3. The molecule has 6 heteroatoms. The Kier molecular flexibility index (Phi) is 5.96. The number of aromatic nitrogens is 2. The van der Waals surface area contributed by atoms with Crippen molar-refractivity contribution in [1.29, 1.82) is 0 Å². The van der Waals surface area contributed by atoms with E-state index < -0.39 is 10.0 Å². The molecule has 0 aliphatic carbocycles. The Bertz CT molecular complexity index is 967. The van der Waals surface area contributed by atoms with Gasteiger partial charge in [0.15, 0.2) is 0 Å². The minimum atomic E-state index is -3.68. The standard InChI is InChI=1S/C21H25N3O2S/c1-3-4-15-24(20-13-9-6-10-14-20)27(25,26)21-17-23(22-18(21)2)16-19-11-7-5-8-12-19/h5-14,17H,3-4,15-16H2,1-2H3. The van der Waals surface area contributed by atoms with E-state index in [0.29, 0.717) is 24.5 Å². The summed E-state index contributed by atoms with van der Waals surface area (Å²) in [5.41, 5.74) is 2.28. The minimum absolute atomic E-state index is 0.262. The van der Waals surface area contributed by atoms with Crippen LogP contribution in [-0.4, -0.2) is 24.7 Å². The monoisotopic (exact) mass is 383 g/mol. The molecule has 0 saturated heterocycles. The smallest absolute Gasteiger partial charge is 0.267 e. The van der Waals surface area contributed by atoms with Crippen molar-refractivity contribution in [2.45, 2.75) is 38.1 Å². The molecule has 2 aromatic carbocycles. The summed E-state index contributed by atoms with van der Waals surface area (Å²) >= 11 is 0. The van der Waals surface area contributed by atoms with Crippen LogP contribution in [0, 0.1) is 6.92 Å². The third-order valence-electron chi connectivity index (χ3n) is 4.42. The molecule has 5 nitrogen and oxygen atoms in total. The first kappa shape index (κ1) is 19.2. The van der Waals surface area contributed by atoms with Gasteiger partial charge in [-0.1, -0.05) is 61.9 Å². The van der Waals surface area contributed by atoms with Crippen LogP contribution < -0.4 is 4.31 Å². The first-order valence-electron chi connectivity index (χ1n) is 9.18. The third-order valence-corrected chi connectivity index (χ3v) is 6.35. The summed E-state index contributed by atoms with van der Waals surface area (Å²) in [4.78, 5) is 0.262. The molecule has 0 atom stereocenters. The van der Waals surface area contributed by atoms with E-state index in [9.17, 15) is 8.42 Å². The van der Waals surface area contributed by atoms with Crippen LogP contribution in [0.5, 0.6) is 0 Å². The SMILES string of the molecule is CCCCN(c1ccccc1)S(=O)(=O)c1cn(Cc2ccccc2)nc1C. The Morgan fingerprint density at radius 2 is 1.63 bits per heavy atom. The van der Waals surface area contributed by atoms with Gasteiger partial charge in [0.1, 0.15) is 4.90 Å². The molecular formula is C21H25N3O2S. The lowest BCUT2D eigenvalue weighted by Gasteiger charge is -2.24. The lowest BCUT2D eigenvalue weighted by molar-refractivity contribution is 0.588. The summed E-state index contributed by atoms with van der Waals surface area (Å²) < 4.78 is 30.0. The van der Waals surface area contributed by atoms with Gasteiger partial charge < -0.3 is 0 Å². The zero-order valence-electron chi connectivity index (χ0n) is 15.7. The van der Waals surface area contributed by atoms with E-state index in [0.717, 1.165) is 18.4 Å². The summed E-state index contributed by atoms with van der Waals surface area (Å²) in [7, 11) is -3.68. The average molecular weight is 384 g/mol. The average Bonchev–Trinajstić information content (AvgIpc) is 3.04. The van der Waals surface area contributed by atoms with Crippen molar-refractivity contribution in [3.8, 4) is 0 Å². The number of sulfonamides is 1. The topological polar surface area (TPSA) is 55.2 Å². The molecule has 0 aliphatic heterocycles. The minimum Gasteiger partial charge on any atom is -0.267 e. The van der Waals surface area contributed by atoms with Gasteiger partial charge >= 0.3 is 0 Å². The molecule has 0 fully saturated rings. The number of unbranched alkanes of at least 4 members (excludes halogenated alkanes) is 1. The highest BCUT2D eigenvalue weighted by atomic mass is 32.2. The van der Waals surface area contributed by atoms with Gasteiger partial charge in [0.25, 0.3) is 10.0 Å². The van der Waals surface area contributed by atoms with Crippen LogP contribution in [0.25, 0.3) is 0 Å². The zero-order valence-corrected chi connectivity index (χ0v) is 16.6. The van der Waals surface area contributed by atoms with Crippen molar-refractivity contribution in [3.63, 3.8) is 0 Å². The van der Waals surface area contributed by atoms with Crippen molar-refractivity contribution < 1.29 is 8.42 Å². The van der Waals surface area contributed by atoms with Crippen LogP contribution in [0.15, 0.2) is 71.8 Å². The lowest BCUT2D eigenvalue weighted by Crippen LogP contribution is -2.32. The molecule has 0 radical (unpaired) electrons. The maximum atomic E-state index is 13.4. The summed E-state index contributed by atoms with van der Waals surface area (Å²) in [6.45, 7) is 4.79. The molecule has 0 bridgehead atoms. The van der Waals surface area contributed by atoms with Gasteiger partial charge in [-0.3, -0.25) is 8.99 Å². The Morgan fingerprint density at radius 1 is 1.00 bits per heavy atom. The molecule has 0 amide bonds. The van der Waals surface area contributed by atoms with Crippen LogP contribution in [0.2, 0.25) is 0 Å². The van der Waals surface area contributed by atoms with E-state index in [1.165, 1.54) is 4.31 Å². The fourth-order valence-electron chi connectivity index (χ4n) is 3.01. The van der Waals surface area contributed by atoms with Gasteiger partial charge in [-0.05, 0) is 31.0 Å². The predicted molar refractivity (Wildman–Crippen MR) is 108 cm³/mol. The normalized spacial score (nSPS) is 11.5. The molecule has 0 saturated carbocycles. The third kappa shape index (κ3) is 4.39. The fraction of sp³-hybridized carbons (Fsp3) is 0.286. The Hall–Kier alpha value is -2.60. The van der Waals surface area contributed by atoms with Crippen LogP contribution in [0.4, 0.5) is 5.69 Å². The van der Waals surface area contributed by atoms with Crippen molar-refractivity contribution in [1.82, 2.24) is 9.78 Å². The number of benzene rings is 2. The Morgan fingerprint density at radius 3 is 2.26 bits per heavy atom. The maximum absolute atomic E-state index is 13.4. The highest BCUT2D eigenvalue weighted by molar-refractivity contribution is 7.92. The highest BCUT2D eigenvalue weighted by Gasteiger charge is 2.28. The Balaban J connectivity index is 1.94. The van der Waals surface area contributed by atoms with E-state index in [1.54, 1.807) is 17.8 Å². The molecule has 142 valence electrons. The van der Waals surface area contributed by atoms with Gasteiger partial charge in [-0.2, -0.15) is 5.10 Å². The number of anilines is 1. The van der Waals surface area contributed by atoms with Crippen molar-refractivity contribution in [2.24, 2.45) is 0 Å². The second-order valence-electron chi connectivity index (χ2n) is 6.53. The number of nitrogens with zero attached hydrogens (tertiary/aromatic N) is 3. The molecule has 1 heterocycles. The number of hydrogen-bond donors (Lipinski definition) is 0. The van der Waals surface area contributed by atoms with E-state index in [2.05, 4.69) is 12.0 Å². The summed E-state index contributed by atoms with van der Waals surface area (Å²) in [5, 5.41) is 4.44. The summed E-state index contributed by atoms with van der Waals surface area (Å²) in [6.07, 6.45) is 3.36. The molecule has 3 aromatic rings. The second-order valence-corrected chi connectivity index (χ2v) is 8.36. The van der Waals surface area contributed by atoms with Crippen LogP contribution in [0.1, 0.15) is 31.0 Å². The first-order chi connectivity index (χ1) is 13.0. The quantitative estimate of drug-likeness (QED) is 0.585. The predicted octanol–water partition coefficient (Wildman–Crippen LogP) is 4.24. The summed E-state index contributed by atoms with van der Waals surface area (Å²) in [5.74, 6) is 0. The van der Waals surface area contributed by atoms with Crippen LogP contribution >= 0.6 is 0 Å². The molecular weight excluding hydrogens is 358 g/mol. The van der Waals surface area contributed by atoms with E-state index in [-0.39, 0.29) is 4.90 Å². The summed E-state index contributed by atoms with van der Waals surface area (Å²) in [6, 6.07) is 19.1. The first-order valence-corrected chi connectivity index (χ1v) is 10.6. The van der Waals surface area contributed by atoms with Crippen LogP contribution in [0.3, 0.4) is 0 Å². The van der Waals surface area contributed by atoms with Gasteiger partial charge in [0.05, 0.1) is 17.9 Å². The fourth-order valence-corrected chi connectivity index (χ4v) is 4.68. The van der Waals surface area contributed by atoms with Crippen LogP contribution in [-0.2, 0) is 16.6 Å². The van der Waals surface area contributed by atoms with Gasteiger partial charge in [0.2, 0.25) is 0 Å². The molecule has 0 aliphatic rings. The van der Waals surface area contributed by atoms with E-state index in [1.807, 2.05) is 60.7 Å². The zero-order chi connectivity index (χ0) is 19.3. The van der Waals surface area contributed by atoms with Gasteiger partial charge in [-0.25, -0.2) is 8.42 Å². The molecule has 1 aromatic heterocycles. The van der Waals surface area contributed by atoms with E-state index >= 15 is 0 Å². The second kappa shape index (κ2) is 8.39. The highest BCUT2D eigenvalue weighted by Crippen LogP contribution is 2.26. The molecule has 0 unspecified atom stereocenters. The Labute approximate surface area is 161 Å². The number of para-hydroxylation sites is 1. The molecule has 3 rings (SSSR count). The maximum Gasteiger partial charge on any atom is 0.267 e. The lowest BCUT2D eigenvalue weighted by atomic mass is 10.2. The molecule has 0 N–H and O–H groups in total. The largest absolute Gasteiger partial charge is 0.267 e. The number of rotatable bonds is 8.